The van der Waals surface area contributed by atoms with Crippen LogP contribution in [-0.2, 0) is 14.9 Å². The molecule has 1 aromatic carbocycles. The first-order valence-corrected chi connectivity index (χ1v) is 15.6. The summed E-state index contributed by atoms with van der Waals surface area (Å²) in [4.78, 5) is 21.4. The van der Waals surface area contributed by atoms with Gasteiger partial charge in [-0.25, -0.2) is 18.9 Å². The van der Waals surface area contributed by atoms with Crippen molar-refractivity contribution in [3.05, 3.63) is 40.9 Å². The Morgan fingerprint density at radius 2 is 2.08 bits per heavy atom. The Labute approximate surface area is 228 Å². The van der Waals surface area contributed by atoms with Crippen LogP contribution in [0.2, 0.25) is 0 Å². The predicted molar refractivity (Wildman–Crippen MR) is 153 cm³/mol. The van der Waals surface area contributed by atoms with E-state index in [-0.39, 0.29) is 10.8 Å². The molecular weight excluding hydrogens is 524 g/mol. The van der Waals surface area contributed by atoms with E-state index in [1.165, 1.54) is 11.2 Å². The van der Waals surface area contributed by atoms with E-state index in [2.05, 4.69) is 51.5 Å². The van der Waals surface area contributed by atoms with E-state index in [1.54, 1.807) is 11.4 Å². The highest BCUT2D eigenvalue weighted by Crippen LogP contribution is 2.47. The number of nitrogens with one attached hydrogen (secondary N) is 2. The van der Waals surface area contributed by atoms with Crippen LogP contribution in [-0.4, -0.2) is 121 Å². The van der Waals surface area contributed by atoms with E-state index in [1.807, 2.05) is 30.1 Å². The van der Waals surface area contributed by atoms with Crippen molar-refractivity contribution in [2.24, 2.45) is 9.98 Å². The minimum absolute atomic E-state index is 0.0751. The smallest absolute Gasteiger partial charge is 0.211 e. The number of aromatic nitrogens is 2. The first-order valence-electron chi connectivity index (χ1n) is 12.9. The summed E-state index contributed by atoms with van der Waals surface area (Å²) in [5, 5.41) is 8.28. The van der Waals surface area contributed by atoms with Crippen molar-refractivity contribution in [3.63, 3.8) is 0 Å². The number of hydroxylamine groups is 1. The number of thioether (sulfide) groups is 1. The standard InChI is InChI=1S/C25H36N8O3S2/c1-5-32(10-9-27-36-3)24-25(2)22(28-23(29-24)19-7-6-8-21-20(19)16-26-30-21)15-18(37-25)17-31-11-13-33(14-12-31)38(4,34)35/h6-8,15-16,22,27H,5,9-14,17H2,1-4H3,(H,26,30). The van der Waals surface area contributed by atoms with Gasteiger partial charge in [0.1, 0.15) is 10.6 Å². The fraction of sp³-hybridized carbons (Fsp3) is 0.560. The molecule has 5 rings (SSSR count). The molecule has 206 valence electrons. The average molecular weight is 561 g/mol. The quantitative estimate of drug-likeness (QED) is 0.350. The lowest BCUT2D eigenvalue weighted by Crippen LogP contribution is -2.53. The topological polar surface area (TPSA) is 119 Å². The van der Waals surface area contributed by atoms with E-state index in [4.69, 9.17) is 14.8 Å². The molecular formula is C25H36N8O3S2. The number of rotatable bonds is 9. The molecule has 0 radical (unpaired) electrons. The summed E-state index contributed by atoms with van der Waals surface area (Å²) in [6, 6.07) is 5.99. The molecule has 1 aromatic heterocycles. The zero-order valence-corrected chi connectivity index (χ0v) is 24.0. The van der Waals surface area contributed by atoms with Crippen molar-refractivity contribution in [1.82, 2.24) is 29.8 Å². The molecule has 4 heterocycles. The maximum absolute atomic E-state index is 11.9. The minimum atomic E-state index is -3.15. The van der Waals surface area contributed by atoms with Crippen LogP contribution in [0.3, 0.4) is 0 Å². The highest BCUT2D eigenvalue weighted by molar-refractivity contribution is 8.05. The monoisotopic (exact) mass is 560 g/mol. The number of nitrogens with zero attached hydrogens (tertiary/aromatic N) is 6. The number of fused-ring (bicyclic) bond motifs is 2. The normalized spacial score (nSPS) is 24.7. The summed E-state index contributed by atoms with van der Waals surface area (Å²) in [6.07, 6.45) is 5.39. The third-order valence-electron chi connectivity index (χ3n) is 7.38. The zero-order chi connectivity index (χ0) is 26.9. The van der Waals surface area contributed by atoms with Crippen LogP contribution in [0.15, 0.2) is 45.4 Å². The summed E-state index contributed by atoms with van der Waals surface area (Å²) in [7, 11) is -1.52. The van der Waals surface area contributed by atoms with Crippen LogP contribution < -0.4 is 5.48 Å². The molecule has 1 saturated heterocycles. The van der Waals surface area contributed by atoms with Crippen LogP contribution in [0.25, 0.3) is 10.9 Å². The molecule has 3 aliphatic rings. The van der Waals surface area contributed by atoms with Crippen LogP contribution in [0, 0.1) is 0 Å². The van der Waals surface area contributed by atoms with Gasteiger partial charge in [0.25, 0.3) is 0 Å². The summed E-state index contributed by atoms with van der Waals surface area (Å²) in [5.74, 6) is 1.72. The van der Waals surface area contributed by atoms with Gasteiger partial charge in [-0.2, -0.15) is 9.40 Å². The molecule has 11 nitrogen and oxygen atoms in total. The summed E-state index contributed by atoms with van der Waals surface area (Å²) in [6.45, 7) is 9.86. The second kappa shape index (κ2) is 11.1. The number of sulfonamides is 1. The summed E-state index contributed by atoms with van der Waals surface area (Å²) in [5.41, 5.74) is 4.87. The molecule has 13 heteroatoms. The molecule has 3 aliphatic heterocycles. The van der Waals surface area contributed by atoms with Crippen LogP contribution in [0.1, 0.15) is 19.4 Å². The van der Waals surface area contributed by atoms with Crippen LogP contribution >= 0.6 is 11.8 Å². The molecule has 2 atom stereocenters. The molecule has 2 unspecified atom stereocenters. The molecule has 1 fully saturated rings. The van der Waals surface area contributed by atoms with Crippen LogP contribution in [0.5, 0.6) is 0 Å². The molecule has 2 aromatic rings. The Morgan fingerprint density at radius 1 is 1.29 bits per heavy atom. The number of aliphatic imine (C=N–C) groups is 2. The van der Waals surface area contributed by atoms with Gasteiger partial charge >= 0.3 is 0 Å². The lowest BCUT2D eigenvalue weighted by atomic mass is 9.96. The molecule has 38 heavy (non-hydrogen) atoms. The maximum Gasteiger partial charge on any atom is 0.211 e. The second-order valence-electron chi connectivity index (χ2n) is 9.93. The van der Waals surface area contributed by atoms with Gasteiger partial charge in [-0.3, -0.25) is 15.0 Å². The van der Waals surface area contributed by atoms with Gasteiger partial charge in [-0.15, -0.1) is 11.8 Å². The lowest BCUT2D eigenvalue weighted by Gasteiger charge is -2.40. The number of aromatic amines is 1. The summed E-state index contributed by atoms with van der Waals surface area (Å²) >= 11 is 1.83. The Kier molecular flexibility index (Phi) is 7.94. The van der Waals surface area contributed by atoms with Gasteiger partial charge in [0, 0.05) is 63.3 Å². The molecule has 0 saturated carbocycles. The summed E-state index contributed by atoms with van der Waals surface area (Å²) < 4.78 is 25.1. The van der Waals surface area contributed by atoms with Gasteiger partial charge in [0.15, 0.2) is 5.84 Å². The number of hydrogen-bond donors (Lipinski definition) is 2. The third kappa shape index (κ3) is 5.40. The van der Waals surface area contributed by atoms with E-state index < -0.39 is 10.0 Å². The molecule has 0 bridgehead atoms. The van der Waals surface area contributed by atoms with Crippen molar-refractivity contribution >= 4 is 44.4 Å². The number of hydrogen-bond acceptors (Lipinski definition) is 10. The van der Waals surface area contributed by atoms with Crippen molar-refractivity contribution in [3.8, 4) is 0 Å². The highest BCUT2D eigenvalue weighted by Gasteiger charge is 2.49. The Bertz CT molecular complexity index is 1360. The Balaban J connectivity index is 1.44. The van der Waals surface area contributed by atoms with Crippen molar-refractivity contribution in [2.45, 2.75) is 24.6 Å². The molecule has 0 amide bonds. The van der Waals surface area contributed by atoms with E-state index >= 15 is 0 Å². The van der Waals surface area contributed by atoms with E-state index in [0.29, 0.717) is 38.6 Å². The van der Waals surface area contributed by atoms with Gasteiger partial charge in [0.05, 0.1) is 31.1 Å². The second-order valence-corrected chi connectivity index (χ2v) is 13.5. The van der Waals surface area contributed by atoms with Gasteiger partial charge in [-0.05, 0) is 30.9 Å². The predicted octanol–water partition coefficient (Wildman–Crippen LogP) is 1.53. The largest absolute Gasteiger partial charge is 0.358 e. The van der Waals surface area contributed by atoms with Gasteiger partial charge in [-0.1, -0.05) is 12.1 Å². The SMILES string of the molecule is CCN(CCNOC)C1=NC(c2cccc3[nH]ncc23)=NC2C=C(CN3CCN(S(C)(=O)=O)CC3)SC12C. The maximum atomic E-state index is 11.9. The molecule has 2 N–H and O–H groups in total. The fourth-order valence-corrected chi connectivity index (χ4v) is 7.63. The number of benzene rings is 1. The highest BCUT2D eigenvalue weighted by atomic mass is 32.2. The van der Waals surface area contributed by atoms with Crippen molar-refractivity contribution in [2.75, 3.05) is 65.7 Å². The van der Waals surface area contributed by atoms with E-state index in [9.17, 15) is 8.42 Å². The third-order valence-corrected chi connectivity index (χ3v) is 10.1. The number of H-pyrrole nitrogens is 1. The Hall–Kier alpha value is -2.29. The first kappa shape index (κ1) is 27.3. The van der Waals surface area contributed by atoms with Gasteiger partial charge < -0.3 is 9.74 Å². The number of amidine groups is 2. The van der Waals surface area contributed by atoms with Crippen molar-refractivity contribution < 1.29 is 13.3 Å². The van der Waals surface area contributed by atoms with E-state index in [0.717, 1.165) is 41.9 Å². The minimum Gasteiger partial charge on any atom is -0.358 e. The number of likely N-dealkylation sites (N-methyl/N-ethyl adjacent to an activating group) is 1. The molecule has 0 aliphatic carbocycles. The molecule has 0 spiro atoms. The zero-order valence-electron chi connectivity index (χ0n) is 22.3. The van der Waals surface area contributed by atoms with Crippen molar-refractivity contribution in [1.29, 1.82) is 0 Å². The average Bonchev–Trinajstić information content (AvgIpc) is 3.50. The Morgan fingerprint density at radius 3 is 2.79 bits per heavy atom. The fourth-order valence-electron chi connectivity index (χ4n) is 5.31. The number of piperazine rings is 1. The lowest BCUT2D eigenvalue weighted by molar-refractivity contribution is 0.0878. The first-order chi connectivity index (χ1) is 18.2. The van der Waals surface area contributed by atoms with Gasteiger partial charge in [0.2, 0.25) is 10.0 Å². The van der Waals surface area contributed by atoms with Crippen LogP contribution in [0.4, 0.5) is 0 Å².